The Balaban J connectivity index is 3.60. The van der Waals surface area contributed by atoms with Gasteiger partial charge >= 0.3 is 5.24 Å². The van der Waals surface area contributed by atoms with Gasteiger partial charge in [-0.2, -0.15) is 5.43 Å². The molecule has 0 rings (SSSR count). The third-order valence-electron chi connectivity index (χ3n) is 0.612. The lowest BCUT2D eigenvalue weighted by Crippen LogP contribution is -2.49. The second-order valence-electron chi connectivity index (χ2n) is 2.62. The van der Waals surface area contributed by atoms with Gasteiger partial charge in [-0.25, -0.2) is 4.59 Å². The van der Waals surface area contributed by atoms with Crippen molar-refractivity contribution in [3.63, 3.8) is 0 Å². The van der Waals surface area contributed by atoms with Crippen LogP contribution in [-0.4, -0.2) is 37.2 Å². The summed E-state index contributed by atoms with van der Waals surface area (Å²) in [4.78, 5) is 10.7. The molecule has 0 heterocycles. The lowest BCUT2D eigenvalue weighted by molar-refractivity contribution is -0.905. The molecule has 0 aliphatic heterocycles. The van der Waals surface area contributed by atoms with Crippen molar-refractivity contribution < 1.29 is 9.39 Å². The fourth-order valence-corrected chi connectivity index (χ4v) is 0.685. The number of nitrogens with zero attached hydrogens (tertiary/aromatic N) is 1. The first-order valence-corrected chi connectivity index (χ1v) is 3.86. The standard InChI is InChI=1S/C5H12N2OS/c1-7(2,3)6-5(8)9-4/h1-4H3/p+1. The first kappa shape index (κ1) is 8.78. The van der Waals surface area contributed by atoms with Gasteiger partial charge in [-0.3, -0.25) is 4.79 Å². The van der Waals surface area contributed by atoms with E-state index in [4.69, 9.17) is 0 Å². The molecule has 1 amide bonds. The molecule has 0 fully saturated rings. The number of hydrogen-bond acceptors (Lipinski definition) is 2. The van der Waals surface area contributed by atoms with E-state index >= 15 is 0 Å². The zero-order valence-electron chi connectivity index (χ0n) is 6.26. The molecule has 0 unspecified atom stereocenters. The first-order valence-electron chi connectivity index (χ1n) is 2.63. The summed E-state index contributed by atoms with van der Waals surface area (Å²) >= 11 is 1.19. The number of hydrogen-bond donors (Lipinski definition) is 1. The molecule has 9 heavy (non-hydrogen) atoms. The Morgan fingerprint density at radius 2 is 1.89 bits per heavy atom. The number of nitrogens with one attached hydrogen (secondary N) is 1. The molecule has 4 heteroatoms. The van der Waals surface area contributed by atoms with Crippen LogP contribution in [0.5, 0.6) is 0 Å². The normalized spacial score (nSPS) is 11.1. The van der Waals surface area contributed by atoms with Crippen LogP contribution in [0.2, 0.25) is 0 Å². The van der Waals surface area contributed by atoms with Gasteiger partial charge in [0.15, 0.2) is 0 Å². The van der Waals surface area contributed by atoms with E-state index in [1.807, 2.05) is 21.1 Å². The van der Waals surface area contributed by atoms with Gasteiger partial charge in [-0.1, -0.05) is 11.8 Å². The fourth-order valence-electron chi connectivity index (χ4n) is 0.320. The Labute approximate surface area is 60.0 Å². The molecule has 0 aromatic heterocycles. The van der Waals surface area contributed by atoms with E-state index in [0.29, 0.717) is 4.59 Å². The van der Waals surface area contributed by atoms with Gasteiger partial charge in [0.1, 0.15) is 0 Å². The smallest absolute Gasteiger partial charge is 0.257 e. The van der Waals surface area contributed by atoms with E-state index in [2.05, 4.69) is 5.43 Å². The molecule has 0 aromatic carbocycles. The topological polar surface area (TPSA) is 29.1 Å². The van der Waals surface area contributed by atoms with Crippen LogP contribution in [0.25, 0.3) is 0 Å². The second-order valence-corrected chi connectivity index (χ2v) is 3.39. The van der Waals surface area contributed by atoms with Gasteiger partial charge in [0.25, 0.3) is 0 Å². The number of thioether (sulfide) groups is 1. The minimum atomic E-state index is 0.00231. The highest BCUT2D eigenvalue weighted by molar-refractivity contribution is 8.12. The SMILES string of the molecule is CSC(=O)N[N+](C)(C)C. The molecule has 0 atom stereocenters. The van der Waals surface area contributed by atoms with Gasteiger partial charge in [-0.05, 0) is 6.26 Å². The highest BCUT2D eigenvalue weighted by atomic mass is 32.2. The van der Waals surface area contributed by atoms with Crippen molar-refractivity contribution in [1.82, 2.24) is 5.43 Å². The Hall–Kier alpha value is -0.220. The Morgan fingerprint density at radius 1 is 1.44 bits per heavy atom. The van der Waals surface area contributed by atoms with E-state index in [9.17, 15) is 4.79 Å². The lowest BCUT2D eigenvalue weighted by Gasteiger charge is -2.22. The van der Waals surface area contributed by atoms with Crippen LogP contribution < -0.4 is 5.43 Å². The summed E-state index contributed by atoms with van der Waals surface area (Å²) < 4.78 is 0.472. The average molecular weight is 149 g/mol. The molecule has 54 valence electrons. The second kappa shape index (κ2) is 3.08. The van der Waals surface area contributed by atoms with E-state index < -0.39 is 0 Å². The van der Waals surface area contributed by atoms with Crippen molar-refractivity contribution in [2.24, 2.45) is 0 Å². The summed E-state index contributed by atoms with van der Waals surface area (Å²) in [7, 11) is 5.69. The van der Waals surface area contributed by atoms with Gasteiger partial charge in [0.2, 0.25) is 0 Å². The zero-order valence-corrected chi connectivity index (χ0v) is 7.08. The van der Waals surface area contributed by atoms with Crippen molar-refractivity contribution >= 4 is 17.0 Å². The first-order chi connectivity index (χ1) is 3.95. The fraction of sp³-hybridized carbons (Fsp3) is 0.800. The maximum Gasteiger partial charge on any atom is 0.322 e. The number of rotatable bonds is 1. The predicted octanol–water partition coefficient (Wildman–Crippen LogP) is 0.680. The van der Waals surface area contributed by atoms with Crippen molar-refractivity contribution in [3.05, 3.63) is 0 Å². The molecule has 0 aliphatic rings. The summed E-state index contributed by atoms with van der Waals surface area (Å²) in [5.41, 5.74) is 2.73. The van der Waals surface area contributed by atoms with Crippen molar-refractivity contribution in [3.8, 4) is 0 Å². The molecule has 0 aliphatic carbocycles. The zero-order chi connectivity index (χ0) is 7.49. The predicted molar refractivity (Wildman–Crippen MR) is 40.1 cm³/mol. The monoisotopic (exact) mass is 149 g/mol. The van der Waals surface area contributed by atoms with Crippen LogP contribution in [0, 0.1) is 0 Å². The van der Waals surface area contributed by atoms with Crippen LogP contribution in [0.15, 0.2) is 0 Å². The molecule has 0 saturated heterocycles. The quantitative estimate of drug-likeness (QED) is 0.439. The van der Waals surface area contributed by atoms with Crippen LogP contribution in [0.4, 0.5) is 4.79 Å². The van der Waals surface area contributed by atoms with Gasteiger partial charge in [-0.15, -0.1) is 0 Å². The van der Waals surface area contributed by atoms with Gasteiger partial charge < -0.3 is 0 Å². The maximum absolute atomic E-state index is 10.7. The Morgan fingerprint density at radius 3 is 2.00 bits per heavy atom. The summed E-state index contributed by atoms with van der Waals surface area (Å²) in [6.07, 6.45) is 1.75. The van der Waals surface area contributed by atoms with Crippen LogP contribution in [0.1, 0.15) is 0 Å². The van der Waals surface area contributed by atoms with Crippen molar-refractivity contribution in [2.45, 2.75) is 0 Å². The summed E-state index contributed by atoms with van der Waals surface area (Å²) in [5.74, 6) is 0. The lowest BCUT2D eigenvalue weighted by atomic mass is 10.9. The maximum atomic E-state index is 10.7. The van der Waals surface area contributed by atoms with Crippen LogP contribution in [-0.2, 0) is 0 Å². The Kier molecular flexibility index (Phi) is 3.00. The minimum Gasteiger partial charge on any atom is -0.257 e. The Bertz CT molecular complexity index is 108. The molecule has 0 bridgehead atoms. The minimum absolute atomic E-state index is 0.00231. The van der Waals surface area contributed by atoms with Gasteiger partial charge in [0, 0.05) is 0 Å². The average Bonchev–Trinajstić information content (AvgIpc) is 1.62. The van der Waals surface area contributed by atoms with E-state index in [0.717, 1.165) is 0 Å². The molecule has 3 nitrogen and oxygen atoms in total. The molecule has 0 spiro atoms. The third-order valence-corrected chi connectivity index (χ3v) is 1.07. The van der Waals surface area contributed by atoms with Crippen molar-refractivity contribution in [1.29, 1.82) is 0 Å². The number of carbonyl (C=O) groups excluding carboxylic acids is 1. The molecule has 0 radical (unpaired) electrons. The van der Waals surface area contributed by atoms with E-state index in [1.165, 1.54) is 11.8 Å². The number of quaternary nitrogens is 1. The molecular formula is C5H13N2OS+. The summed E-state index contributed by atoms with van der Waals surface area (Å²) in [5, 5.41) is 0.00231. The summed E-state index contributed by atoms with van der Waals surface area (Å²) in [6.45, 7) is 0. The number of carbonyl (C=O) groups is 1. The van der Waals surface area contributed by atoms with E-state index in [1.54, 1.807) is 6.26 Å². The van der Waals surface area contributed by atoms with E-state index in [-0.39, 0.29) is 5.24 Å². The molecule has 0 saturated carbocycles. The van der Waals surface area contributed by atoms with Gasteiger partial charge in [0.05, 0.1) is 21.1 Å². The molecule has 1 N–H and O–H groups in total. The highest BCUT2D eigenvalue weighted by Crippen LogP contribution is 1.94. The van der Waals surface area contributed by atoms with Crippen LogP contribution in [0.3, 0.4) is 0 Å². The molecule has 0 aromatic rings. The summed E-state index contributed by atoms with van der Waals surface area (Å²) in [6, 6.07) is 0. The van der Waals surface area contributed by atoms with Crippen molar-refractivity contribution in [2.75, 3.05) is 27.4 Å². The largest absolute Gasteiger partial charge is 0.322 e. The van der Waals surface area contributed by atoms with Crippen LogP contribution >= 0.6 is 11.8 Å². The molecular weight excluding hydrogens is 136 g/mol. The third kappa shape index (κ3) is 5.65. The highest BCUT2D eigenvalue weighted by Gasteiger charge is 2.09. The number of amides is 1.